The van der Waals surface area contributed by atoms with E-state index in [0.717, 1.165) is 12.1 Å². The van der Waals surface area contributed by atoms with Gasteiger partial charge in [-0.1, -0.05) is 12.1 Å². The predicted octanol–water partition coefficient (Wildman–Crippen LogP) is -0.886. The second-order valence-electron chi connectivity index (χ2n) is 3.60. The molecular weight excluding hydrogens is 283 g/mol. The van der Waals surface area contributed by atoms with E-state index in [2.05, 4.69) is 9.97 Å². The summed E-state index contributed by atoms with van der Waals surface area (Å²) >= 11 is 0. The topological polar surface area (TPSA) is 35.0 Å². The Kier molecular flexibility index (Phi) is 6.48. The van der Waals surface area contributed by atoms with Gasteiger partial charge >= 0.3 is 58.4 Å². The van der Waals surface area contributed by atoms with Gasteiger partial charge in [0.2, 0.25) is 0 Å². The summed E-state index contributed by atoms with van der Waals surface area (Å²) < 4.78 is 42.8. The fraction of sp³-hybridized carbons (Fsp3) is 0.0909. The maximum absolute atomic E-state index is 12.5. The Bertz CT molecular complexity index is 525. The maximum Gasteiger partial charge on any atom is 1.00 e. The fourth-order valence-electron chi connectivity index (χ4n) is 1.36. The normalized spacial score (nSPS) is 10.7. The number of nitrogens with zero attached hydrogens (tertiary/aromatic N) is 2. The van der Waals surface area contributed by atoms with Crippen molar-refractivity contribution in [2.24, 2.45) is 0 Å². The van der Waals surface area contributed by atoms with E-state index >= 15 is 0 Å². The Hall–Kier alpha value is -0.409. The van der Waals surface area contributed by atoms with Crippen LogP contribution in [0.1, 0.15) is 5.82 Å². The molecule has 0 amide bonds. The second kappa shape index (κ2) is 7.39. The fourth-order valence-corrected chi connectivity index (χ4v) is 1.36. The molecule has 0 atom stereocenters. The first-order chi connectivity index (χ1) is 8.55. The van der Waals surface area contributed by atoms with Crippen molar-refractivity contribution in [3.8, 4) is 5.75 Å². The standard InChI is InChI=1S/C11H9BF3N2O.K/c13-12(14,15)9-3-1-4-10(7-9)18-8-11-16-5-2-6-17-11;/h1-7H,8H2;/q-1;+1. The van der Waals surface area contributed by atoms with E-state index in [1.807, 2.05) is 0 Å². The molecule has 2 aromatic rings. The zero-order valence-corrected chi connectivity index (χ0v) is 13.4. The van der Waals surface area contributed by atoms with E-state index in [4.69, 9.17) is 4.74 Å². The molecule has 0 N–H and O–H groups in total. The van der Waals surface area contributed by atoms with Gasteiger partial charge in [-0.05, 0) is 18.2 Å². The van der Waals surface area contributed by atoms with Gasteiger partial charge in [0.1, 0.15) is 12.4 Å². The number of ether oxygens (including phenoxy) is 1. The molecule has 0 aliphatic heterocycles. The molecular formula is C11H9BF3KN2O. The van der Waals surface area contributed by atoms with E-state index in [9.17, 15) is 12.9 Å². The molecule has 0 aliphatic rings. The van der Waals surface area contributed by atoms with Crippen LogP contribution in [-0.4, -0.2) is 16.9 Å². The minimum Gasteiger partial charge on any atom is -0.486 e. The number of hydrogen-bond donors (Lipinski definition) is 0. The first-order valence-corrected chi connectivity index (χ1v) is 5.24. The van der Waals surface area contributed by atoms with Crippen LogP contribution < -0.4 is 61.6 Å². The number of rotatable bonds is 4. The monoisotopic (exact) mass is 292 g/mol. The Morgan fingerprint density at radius 1 is 1.05 bits per heavy atom. The molecule has 2 rings (SSSR count). The summed E-state index contributed by atoms with van der Waals surface area (Å²) in [5.74, 6) is 0.569. The van der Waals surface area contributed by atoms with Crippen molar-refractivity contribution in [1.82, 2.24) is 9.97 Å². The van der Waals surface area contributed by atoms with Gasteiger partial charge in [-0.25, -0.2) is 9.97 Å². The summed E-state index contributed by atoms with van der Waals surface area (Å²) in [6, 6.07) is 6.42. The molecule has 8 heteroatoms. The molecule has 1 aromatic carbocycles. The summed E-state index contributed by atoms with van der Waals surface area (Å²) in [6.45, 7) is -4.97. The SMILES string of the molecule is F[B-](F)(F)c1cccc(OCc2ncccn2)c1.[K+]. The Morgan fingerprint density at radius 3 is 2.37 bits per heavy atom. The third-order valence-electron chi connectivity index (χ3n) is 2.22. The molecule has 3 nitrogen and oxygen atoms in total. The van der Waals surface area contributed by atoms with E-state index in [0.29, 0.717) is 5.82 Å². The van der Waals surface area contributed by atoms with E-state index < -0.39 is 12.4 Å². The van der Waals surface area contributed by atoms with Crippen molar-refractivity contribution >= 4 is 12.4 Å². The first-order valence-electron chi connectivity index (χ1n) is 5.24. The van der Waals surface area contributed by atoms with E-state index in [1.54, 1.807) is 18.5 Å². The third kappa shape index (κ3) is 5.23. The predicted molar refractivity (Wildman–Crippen MR) is 61.5 cm³/mol. The van der Waals surface area contributed by atoms with Crippen LogP contribution in [0.5, 0.6) is 5.75 Å². The summed E-state index contributed by atoms with van der Waals surface area (Å²) in [5.41, 5.74) is -0.679. The number of halogens is 3. The quantitative estimate of drug-likeness (QED) is 0.686. The van der Waals surface area contributed by atoms with Crippen LogP contribution in [0.3, 0.4) is 0 Å². The molecule has 0 unspecified atom stereocenters. The molecule has 0 spiro atoms. The molecule has 94 valence electrons. The van der Waals surface area contributed by atoms with Gasteiger partial charge < -0.3 is 17.7 Å². The van der Waals surface area contributed by atoms with Gasteiger partial charge in [0.25, 0.3) is 0 Å². The molecule has 0 bridgehead atoms. The first kappa shape index (κ1) is 16.6. The number of hydrogen-bond acceptors (Lipinski definition) is 3. The average Bonchev–Trinajstić information content (AvgIpc) is 2.37. The molecule has 0 aliphatic carbocycles. The zero-order chi connectivity index (χ0) is 13.0. The third-order valence-corrected chi connectivity index (χ3v) is 2.22. The van der Waals surface area contributed by atoms with Gasteiger partial charge in [-0.3, -0.25) is 0 Å². The summed E-state index contributed by atoms with van der Waals surface area (Å²) in [6.07, 6.45) is 3.09. The van der Waals surface area contributed by atoms with Crippen LogP contribution in [0.25, 0.3) is 0 Å². The van der Waals surface area contributed by atoms with E-state index in [1.165, 1.54) is 12.1 Å². The molecule has 1 aromatic heterocycles. The van der Waals surface area contributed by atoms with Crippen LogP contribution >= 0.6 is 0 Å². The van der Waals surface area contributed by atoms with Crippen molar-refractivity contribution in [3.05, 3.63) is 48.5 Å². The molecule has 19 heavy (non-hydrogen) atoms. The number of benzene rings is 1. The van der Waals surface area contributed by atoms with Gasteiger partial charge in [0.15, 0.2) is 5.82 Å². The zero-order valence-electron chi connectivity index (χ0n) is 10.3. The molecule has 1 heterocycles. The van der Waals surface area contributed by atoms with Crippen molar-refractivity contribution in [3.63, 3.8) is 0 Å². The summed E-state index contributed by atoms with van der Waals surface area (Å²) in [4.78, 5) is 7.82. The second-order valence-corrected chi connectivity index (χ2v) is 3.60. The molecule has 0 saturated heterocycles. The van der Waals surface area contributed by atoms with Crippen LogP contribution in [-0.2, 0) is 6.61 Å². The maximum atomic E-state index is 12.5. The van der Waals surface area contributed by atoms with Gasteiger partial charge in [0, 0.05) is 12.4 Å². The van der Waals surface area contributed by atoms with Gasteiger partial charge in [-0.15, -0.1) is 5.46 Å². The van der Waals surface area contributed by atoms with Crippen LogP contribution in [0.15, 0.2) is 42.7 Å². The van der Waals surface area contributed by atoms with Gasteiger partial charge in [-0.2, -0.15) is 0 Å². The molecule has 0 radical (unpaired) electrons. The molecule has 0 saturated carbocycles. The van der Waals surface area contributed by atoms with Crippen molar-refractivity contribution in [1.29, 1.82) is 0 Å². The van der Waals surface area contributed by atoms with Crippen LogP contribution in [0.4, 0.5) is 12.9 Å². The van der Waals surface area contributed by atoms with Crippen molar-refractivity contribution < 1.29 is 69.1 Å². The Balaban J connectivity index is 0.00000180. The van der Waals surface area contributed by atoms with E-state index in [-0.39, 0.29) is 63.7 Å². The smallest absolute Gasteiger partial charge is 0.486 e. The van der Waals surface area contributed by atoms with Crippen LogP contribution in [0.2, 0.25) is 0 Å². The summed E-state index contributed by atoms with van der Waals surface area (Å²) in [5, 5.41) is 0. The summed E-state index contributed by atoms with van der Waals surface area (Å²) in [7, 11) is 0. The average molecular weight is 292 g/mol. The molecule has 0 fully saturated rings. The van der Waals surface area contributed by atoms with Crippen molar-refractivity contribution in [2.45, 2.75) is 6.61 Å². The minimum absolute atomic E-state index is 0. The van der Waals surface area contributed by atoms with Crippen LogP contribution in [0, 0.1) is 0 Å². The Labute approximate surface area is 151 Å². The largest absolute Gasteiger partial charge is 1.00 e. The van der Waals surface area contributed by atoms with Crippen molar-refractivity contribution in [2.75, 3.05) is 0 Å². The minimum atomic E-state index is -5.01. The van der Waals surface area contributed by atoms with Gasteiger partial charge in [0.05, 0.1) is 0 Å². The number of aromatic nitrogens is 2. The Morgan fingerprint density at radius 2 is 1.74 bits per heavy atom.